The molecule has 24 heavy (non-hydrogen) atoms. The van der Waals surface area contributed by atoms with Crippen molar-refractivity contribution in [3.8, 4) is 0 Å². The summed E-state index contributed by atoms with van der Waals surface area (Å²) in [4.78, 5) is 19.6. The highest BCUT2D eigenvalue weighted by Gasteiger charge is 2.30. The van der Waals surface area contributed by atoms with Gasteiger partial charge in [0.25, 0.3) is 0 Å². The first-order chi connectivity index (χ1) is 11.7. The molecule has 2 fully saturated rings. The number of hydrogen-bond donors (Lipinski definition) is 2. The van der Waals surface area contributed by atoms with Gasteiger partial charge in [0.1, 0.15) is 0 Å². The molecule has 2 aliphatic rings. The predicted octanol–water partition coefficient (Wildman–Crippen LogP) is 2.85. The van der Waals surface area contributed by atoms with Crippen LogP contribution in [0.3, 0.4) is 0 Å². The van der Waals surface area contributed by atoms with Crippen LogP contribution in [0.25, 0.3) is 10.9 Å². The molecule has 0 radical (unpaired) electrons. The summed E-state index contributed by atoms with van der Waals surface area (Å²) < 4.78 is 0. The van der Waals surface area contributed by atoms with E-state index in [1.165, 1.54) is 10.9 Å². The Morgan fingerprint density at radius 3 is 2.79 bits per heavy atom. The molecule has 0 bridgehead atoms. The van der Waals surface area contributed by atoms with Crippen molar-refractivity contribution in [3.05, 3.63) is 35.0 Å². The standard InChI is InChI=1S/C18H23ClN4O/c19-14-1-2-17-16(11-14)13(12-21-17)3-7-22-8-4-15(5-9-22)23-10-6-20-18(23)24/h1-2,11-12,15,21H,3-10H2,(H,20,24). The summed E-state index contributed by atoms with van der Waals surface area (Å²) >= 11 is 6.12. The van der Waals surface area contributed by atoms with Gasteiger partial charge in [0.15, 0.2) is 0 Å². The molecule has 4 rings (SSSR count). The molecule has 128 valence electrons. The largest absolute Gasteiger partial charge is 0.361 e. The van der Waals surface area contributed by atoms with E-state index >= 15 is 0 Å². The smallest absolute Gasteiger partial charge is 0.317 e. The minimum absolute atomic E-state index is 0.115. The van der Waals surface area contributed by atoms with Crippen LogP contribution >= 0.6 is 11.6 Å². The first-order valence-electron chi connectivity index (χ1n) is 8.73. The number of H-pyrrole nitrogens is 1. The molecule has 2 N–H and O–H groups in total. The average Bonchev–Trinajstić information content (AvgIpc) is 3.19. The third-order valence-electron chi connectivity index (χ3n) is 5.31. The maximum Gasteiger partial charge on any atom is 0.317 e. The second-order valence-electron chi connectivity index (χ2n) is 6.75. The zero-order chi connectivity index (χ0) is 16.5. The zero-order valence-corrected chi connectivity index (χ0v) is 14.5. The normalized spacial score (nSPS) is 20.0. The molecular weight excluding hydrogens is 324 g/mol. The van der Waals surface area contributed by atoms with Crippen molar-refractivity contribution >= 4 is 28.5 Å². The van der Waals surface area contributed by atoms with Crippen molar-refractivity contribution in [2.45, 2.75) is 25.3 Å². The van der Waals surface area contributed by atoms with Crippen LogP contribution in [0.15, 0.2) is 24.4 Å². The molecule has 2 amide bonds. The SMILES string of the molecule is O=C1NCCN1C1CCN(CCc2c[nH]c3ccc(Cl)cc23)CC1. The molecule has 0 atom stereocenters. The van der Waals surface area contributed by atoms with Crippen LogP contribution in [0.1, 0.15) is 18.4 Å². The lowest BCUT2D eigenvalue weighted by molar-refractivity contribution is 0.137. The van der Waals surface area contributed by atoms with Gasteiger partial charge >= 0.3 is 6.03 Å². The summed E-state index contributed by atoms with van der Waals surface area (Å²) in [5, 5.41) is 4.92. The van der Waals surface area contributed by atoms with Gasteiger partial charge in [0.05, 0.1) is 0 Å². The molecule has 1 aromatic heterocycles. The Morgan fingerprint density at radius 2 is 2.04 bits per heavy atom. The third-order valence-corrected chi connectivity index (χ3v) is 5.55. The molecule has 6 heteroatoms. The number of carbonyl (C=O) groups is 1. The summed E-state index contributed by atoms with van der Waals surface area (Å²) in [5.74, 6) is 0. The Hall–Kier alpha value is -1.72. The molecule has 0 unspecified atom stereocenters. The number of hydrogen-bond acceptors (Lipinski definition) is 2. The Kier molecular flexibility index (Phi) is 4.37. The predicted molar refractivity (Wildman–Crippen MR) is 96.6 cm³/mol. The number of rotatable bonds is 4. The van der Waals surface area contributed by atoms with Gasteiger partial charge in [-0.3, -0.25) is 0 Å². The number of nitrogens with one attached hydrogen (secondary N) is 2. The number of aromatic nitrogens is 1. The van der Waals surface area contributed by atoms with E-state index < -0.39 is 0 Å². The van der Waals surface area contributed by atoms with Gasteiger partial charge in [-0.05, 0) is 43.0 Å². The minimum atomic E-state index is 0.115. The summed E-state index contributed by atoms with van der Waals surface area (Å²) in [6, 6.07) is 6.53. The lowest BCUT2D eigenvalue weighted by Gasteiger charge is -2.36. The van der Waals surface area contributed by atoms with E-state index in [1.54, 1.807) is 0 Å². The highest BCUT2D eigenvalue weighted by molar-refractivity contribution is 6.31. The van der Waals surface area contributed by atoms with Crippen molar-refractivity contribution in [2.75, 3.05) is 32.7 Å². The lowest BCUT2D eigenvalue weighted by Crippen LogP contribution is -2.46. The molecule has 3 heterocycles. The molecule has 0 aliphatic carbocycles. The van der Waals surface area contributed by atoms with E-state index in [2.05, 4.69) is 21.4 Å². The molecule has 1 aromatic carbocycles. The summed E-state index contributed by atoms with van der Waals surface area (Å²) in [7, 11) is 0. The van der Waals surface area contributed by atoms with E-state index in [0.29, 0.717) is 6.04 Å². The average molecular weight is 347 g/mol. The second kappa shape index (κ2) is 6.65. The number of halogens is 1. The summed E-state index contributed by atoms with van der Waals surface area (Å²) in [6.07, 6.45) is 5.28. The van der Waals surface area contributed by atoms with Crippen molar-refractivity contribution in [1.82, 2.24) is 20.1 Å². The number of carbonyl (C=O) groups excluding carboxylic acids is 1. The number of fused-ring (bicyclic) bond motifs is 1. The summed E-state index contributed by atoms with van der Waals surface area (Å²) in [6.45, 7) is 4.84. The Bertz CT molecular complexity index is 736. The fourth-order valence-electron chi connectivity index (χ4n) is 3.93. The summed E-state index contributed by atoms with van der Waals surface area (Å²) in [5.41, 5.74) is 2.47. The Balaban J connectivity index is 1.32. The number of piperidine rings is 1. The number of nitrogens with zero attached hydrogens (tertiary/aromatic N) is 2. The number of likely N-dealkylation sites (tertiary alicyclic amines) is 1. The molecular formula is C18H23ClN4O. The third kappa shape index (κ3) is 3.10. The van der Waals surface area contributed by atoms with Crippen LogP contribution in [-0.4, -0.2) is 59.6 Å². The number of amides is 2. The Labute approximate surface area is 146 Å². The molecule has 2 saturated heterocycles. The molecule has 2 aromatic rings. The molecule has 5 nitrogen and oxygen atoms in total. The first kappa shape index (κ1) is 15.8. The zero-order valence-electron chi connectivity index (χ0n) is 13.7. The van der Waals surface area contributed by atoms with Crippen molar-refractivity contribution in [1.29, 1.82) is 0 Å². The van der Waals surface area contributed by atoms with Gasteiger partial charge < -0.3 is 20.1 Å². The number of aromatic amines is 1. The minimum Gasteiger partial charge on any atom is -0.361 e. The highest BCUT2D eigenvalue weighted by Crippen LogP contribution is 2.24. The van der Waals surface area contributed by atoms with Crippen molar-refractivity contribution < 1.29 is 4.79 Å². The van der Waals surface area contributed by atoms with Crippen LogP contribution < -0.4 is 5.32 Å². The van der Waals surface area contributed by atoms with Crippen LogP contribution in [0.4, 0.5) is 4.79 Å². The van der Waals surface area contributed by atoms with E-state index in [1.807, 2.05) is 23.1 Å². The van der Waals surface area contributed by atoms with Crippen LogP contribution in [0, 0.1) is 0 Å². The van der Waals surface area contributed by atoms with Gasteiger partial charge in [-0.1, -0.05) is 11.6 Å². The van der Waals surface area contributed by atoms with Crippen molar-refractivity contribution in [2.24, 2.45) is 0 Å². The molecule has 0 saturated carbocycles. The quantitative estimate of drug-likeness (QED) is 0.894. The van der Waals surface area contributed by atoms with Gasteiger partial charge in [-0.2, -0.15) is 0 Å². The van der Waals surface area contributed by atoms with Crippen LogP contribution in [0.5, 0.6) is 0 Å². The monoisotopic (exact) mass is 346 g/mol. The first-order valence-corrected chi connectivity index (χ1v) is 9.11. The maximum absolute atomic E-state index is 11.8. The van der Waals surface area contributed by atoms with Gasteiger partial charge in [-0.25, -0.2) is 4.79 Å². The van der Waals surface area contributed by atoms with E-state index in [9.17, 15) is 4.79 Å². The second-order valence-corrected chi connectivity index (χ2v) is 7.19. The Morgan fingerprint density at radius 1 is 1.21 bits per heavy atom. The van der Waals surface area contributed by atoms with E-state index in [-0.39, 0.29) is 6.03 Å². The van der Waals surface area contributed by atoms with E-state index in [4.69, 9.17) is 11.6 Å². The van der Waals surface area contributed by atoms with Gasteiger partial charge in [0.2, 0.25) is 0 Å². The molecule has 2 aliphatic heterocycles. The van der Waals surface area contributed by atoms with E-state index in [0.717, 1.165) is 62.5 Å². The number of urea groups is 1. The highest BCUT2D eigenvalue weighted by atomic mass is 35.5. The number of benzene rings is 1. The topological polar surface area (TPSA) is 51.4 Å². The lowest BCUT2D eigenvalue weighted by atomic mass is 10.0. The van der Waals surface area contributed by atoms with Gasteiger partial charge in [0, 0.05) is 60.9 Å². The maximum atomic E-state index is 11.8. The molecule has 0 spiro atoms. The van der Waals surface area contributed by atoms with Gasteiger partial charge in [-0.15, -0.1) is 0 Å². The fourth-order valence-corrected chi connectivity index (χ4v) is 4.10. The van der Waals surface area contributed by atoms with Crippen LogP contribution in [0.2, 0.25) is 5.02 Å². The fraction of sp³-hybridized carbons (Fsp3) is 0.500. The van der Waals surface area contributed by atoms with Crippen molar-refractivity contribution in [3.63, 3.8) is 0 Å². The van der Waals surface area contributed by atoms with Crippen LogP contribution in [-0.2, 0) is 6.42 Å².